The molecule has 0 atom stereocenters. The van der Waals surface area contributed by atoms with Crippen LogP contribution in [0.5, 0.6) is 11.5 Å². The quantitative estimate of drug-likeness (QED) is 0.135. The molecule has 0 spiro atoms. The lowest BCUT2D eigenvalue weighted by molar-refractivity contribution is -0.625. The summed E-state index contributed by atoms with van der Waals surface area (Å²) < 4.78 is 7.50. The number of phenols is 1. The summed E-state index contributed by atoms with van der Waals surface area (Å²) in [7, 11) is 0. The molecule has 0 aliphatic rings. The molecule has 1 aromatic heterocycles. The molecule has 0 unspecified atom stereocenters. The van der Waals surface area contributed by atoms with E-state index in [0.29, 0.717) is 22.3 Å². The Balaban J connectivity index is 1.52. The largest absolute Gasteiger partial charge is 0.508 e. The number of aromatic hydroxyl groups is 1. The fourth-order valence-electron chi connectivity index (χ4n) is 3.24. The first kappa shape index (κ1) is 24.3. The van der Waals surface area contributed by atoms with Crippen molar-refractivity contribution < 1.29 is 19.2 Å². The summed E-state index contributed by atoms with van der Waals surface area (Å²) in [6.45, 7) is 2.52. The molecule has 4 aromatic rings. The number of amides is 1. The second-order valence-corrected chi connectivity index (χ2v) is 8.68. The monoisotopic (exact) mass is 508 g/mol. The van der Waals surface area contributed by atoms with E-state index >= 15 is 0 Å². The van der Waals surface area contributed by atoms with Gasteiger partial charge in [-0.3, -0.25) is 4.79 Å². The van der Waals surface area contributed by atoms with Crippen molar-refractivity contribution in [3.8, 4) is 28.6 Å². The summed E-state index contributed by atoms with van der Waals surface area (Å²) >= 11 is 7.33. The highest BCUT2D eigenvalue weighted by molar-refractivity contribution is 7.99. The van der Waals surface area contributed by atoms with Gasteiger partial charge in [-0.05, 0) is 84.9 Å². The van der Waals surface area contributed by atoms with E-state index in [4.69, 9.17) is 16.3 Å². The summed E-state index contributed by atoms with van der Waals surface area (Å²) in [4.78, 5) is 12.4. The molecule has 1 amide bonds. The fraction of sp³-hybridized carbons (Fsp3) is 0.120. The molecule has 3 aromatic carbocycles. The third kappa shape index (κ3) is 6.40. The Bertz CT molecular complexity index is 1320. The number of carbonyl (C=O) groups excluding carboxylic acids is 1. The Kier molecular flexibility index (Phi) is 8.02. The van der Waals surface area contributed by atoms with Crippen molar-refractivity contribution in [2.75, 3.05) is 12.4 Å². The second-order valence-electron chi connectivity index (χ2n) is 7.30. The Labute approximate surface area is 211 Å². The molecule has 0 aliphatic carbocycles. The van der Waals surface area contributed by atoms with Crippen LogP contribution < -0.4 is 14.7 Å². The lowest BCUT2D eigenvalue weighted by Crippen LogP contribution is -2.34. The van der Waals surface area contributed by atoms with E-state index in [-0.39, 0.29) is 17.4 Å². The molecule has 0 aliphatic heterocycles. The normalized spacial score (nSPS) is 11.0. The van der Waals surface area contributed by atoms with Crippen LogP contribution >= 0.6 is 23.4 Å². The third-order valence-electron chi connectivity index (χ3n) is 4.80. The summed E-state index contributed by atoms with van der Waals surface area (Å²) in [5, 5.41) is 22.2. The summed E-state index contributed by atoms with van der Waals surface area (Å²) in [5.74, 6) is 1.45. The number of nitrogens with zero attached hydrogens (tertiary/aromatic N) is 3. The minimum atomic E-state index is -0.291. The van der Waals surface area contributed by atoms with E-state index in [2.05, 4.69) is 20.7 Å². The Morgan fingerprint density at radius 1 is 1.20 bits per heavy atom. The lowest BCUT2D eigenvalue weighted by Gasteiger charge is -2.06. The van der Waals surface area contributed by atoms with Gasteiger partial charge in [-0.2, -0.15) is 9.67 Å². The van der Waals surface area contributed by atoms with Gasteiger partial charge in [0, 0.05) is 5.02 Å². The van der Waals surface area contributed by atoms with Crippen molar-refractivity contribution in [3.63, 3.8) is 0 Å². The van der Waals surface area contributed by atoms with E-state index in [0.717, 1.165) is 22.8 Å². The van der Waals surface area contributed by atoms with Gasteiger partial charge >= 0.3 is 5.16 Å². The van der Waals surface area contributed by atoms with Gasteiger partial charge in [-0.25, -0.2) is 5.43 Å². The maximum Gasteiger partial charge on any atom is 0.342 e. The van der Waals surface area contributed by atoms with Gasteiger partial charge in [-0.15, -0.1) is 5.10 Å². The van der Waals surface area contributed by atoms with Crippen LogP contribution in [-0.4, -0.2) is 39.8 Å². The number of thioether (sulfide) groups is 1. The zero-order chi connectivity index (χ0) is 24.6. The fourth-order valence-corrected chi connectivity index (χ4v) is 4.13. The van der Waals surface area contributed by atoms with Crippen LogP contribution in [-0.2, 0) is 4.79 Å². The van der Waals surface area contributed by atoms with Crippen LogP contribution in [0.25, 0.3) is 17.1 Å². The molecule has 0 bridgehead atoms. The van der Waals surface area contributed by atoms with Crippen LogP contribution in [0.1, 0.15) is 12.5 Å². The third-order valence-corrected chi connectivity index (χ3v) is 5.99. The number of phenolic OH excluding ortho intramolecular Hbond substituents is 1. The molecule has 1 heterocycles. The second kappa shape index (κ2) is 11.5. The van der Waals surface area contributed by atoms with Gasteiger partial charge in [0.15, 0.2) is 0 Å². The number of halogens is 1. The van der Waals surface area contributed by atoms with E-state index in [1.165, 1.54) is 18.0 Å². The highest BCUT2D eigenvalue weighted by Gasteiger charge is 2.24. The number of H-pyrrole nitrogens is 1. The molecule has 35 heavy (non-hydrogen) atoms. The number of hydrogen-bond donors (Lipinski definition) is 3. The highest BCUT2D eigenvalue weighted by Crippen LogP contribution is 2.23. The van der Waals surface area contributed by atoms with Crippen molar-refractivity contribution in [1.82, 2.24) is 15.6 Å². The first-order valence-electron chi connectivity index (χ1n) is 10.8. The first-order valence-corrected chi connectivity index (χ1v) is 12.1. The average molecular weight is 509 g/mol. The summed E-state index contributed by atoms with van der Waals surface area (Å²) in [5.41, 5.74) is 4.92. The molecule has 10 heteroatoms. The predicted molar refractivity (Wildman–Crippen MR) is 136 cm³/mol. The predicted octanol–water partition coefficient (Wildman–Crippen LogP) is 4.35. The standard InChI is InChI=1S/C25H22ClN5O3S/c1-2-34-22-12-10-20(11-13-22)31-24(18-6-8-19(26)9-7-18)29-30-25(31)35-16-23(33)28-27-15-17-4-3-5-21(32)14-17/h3-15H,2,16H2,1H3,(H2,28,32,33)/p+1. The number of nitrogens with one attached hydrogen (secondary N) is 2. The number of hydrogen-bond acceptors (Lipinski definition) is 6. The van der Waals surface area contributed by atoms with E-state index in [1.807, 2.05) is 60.0 Å². The van der Waals surface area contributed by atoms with Crippen LogP contribution in [0.4, 0.5) is 0 Å². The molecule has 0 fully saturated rings. The molecule has 0 saturated heterocycles. The highest BCUT2D eigenvalue weighted by atomic mass is 35.5. The SMILES string of the molecule is CCOc1ccc(-[n+]2c(SCC(=O)NN=Cc3cccc(O)c3)n[nH]c2-c2ccc(Cl)cc2)cc1. The first-order chi connectivity index (χ1) is 17.0. The van der Waals surface area contributed by atoms with Gasteiger partial charge in [-0.1, -0.05) is 23.7 Å². The minimum absolute atomic E-state index is 0.0965. The number of benzene rings is 3. The molecule has 0 saturated carbocycles. The molecule has 3 N–H and O–H groups in total. The number of ether oxygens (including phenoxy) is 1. The number of aromatic nitrogens is 3. The maximum atomic E-state index is 12.4. The topological polar surface area (TPSA) is 103 Å². The Hall–Kier alpha value is -3.82. The van der Waals surface area contributed by atoms with E-state index < -0.39 is 0 Å². The Morgan fingerprint density at radius 3 is 2.69 bits per heavy atom. The van der Waals surface area contributed by atoms with Gasteiger partial charge in [0.25, 0.3) is 11.7 Å². The number of carbonyl (C=O) groups is 1. The van der Waals surface area contributed by atoms with Crippen LogP contribution in [0, 0.1) is 0 Å². The van der Waals surface area contributed by atoms with E-state index in [9.17, 15) is 9.90 Å². The smallest absolute Gasteiger partial charge is 0.342 e. The number of hydrazone groups is 1. The zero-order valence-corrected chi connectivity index (χ0v) is 20.4. The van der Waals surface area contributed by atoms with Crippen molar-refractivity contribution in [1.29, 1.82) is 0 Å². The van der Waals surface area contributed by atoms with Crippen molar-refractivity contribution in [3.05, 3.63) is 83.4 Å². The molecule has 0 radical (unpaired) electrons. The Morgan fingerprint density at radius 2 is 1.97 bits per heavy atom. The summed E-state index contributed by atoms with van der Waals surface area (Å²) in [6, 6.07) is 21.7. The van der Waals surface area contributed by atoms with Crippen molar-refractivity contribution >= 4 is 35.5 Å². The van der Waals surface area contributed by atoms with Crippen molar-refractivity contribution in [2.45, 2.75) is 12.1 Å². The van der Waals surface area contributed by atoms with E-state index in [1.54, 1.807) is 24.3 Å². The zero-order valence-electron chi connectivity index (χ0n) is 18.8. The number of rotatable bonds is 9. The molecular weight excluding hydrogens is 486 g/mol. The molecule has 8 nitrogen and oxygen atoms in total. The van der Waals surface area contributed by atoms with Gasteiger partial charge in [0.1, 0.15) is 17.2 Å². The molecule has 4 rings (SSSR count). The van der Waals surface area contributed by atoms with Gasteiger partial charge in [0.05, 0.1) is 29.2 Å². The summed E-state index contributed by atoms with van der Waals surface area (Å²) in [6.07, 6.45) is 1.47. The molecular formula is C25H23ClN5O3S+. The lowest BCUT2D eigenvalue weighted by atomic mass is 10.2. The molecule has 178 valence electrons. The average Bonchev–Trinajstić information content (AvgIpc) is 3.28. The number of aromatic amines is 1. The maximum absolute atomic E-state index is 12.4. The van der Waals surface area contributed by atoms with Gasteiger partial charge < -0.3 is 9.84 Å². The van der Waals surface area contributed by atoms with Crippen LogP contribution in [0.2, 0.25) is 5.02 Å². The van der Waals surface area contributed by atoms with Crippen LogP contribution in [0.15, 0.2) is 83.1 Å². The van der Waals surface area contributed by atoms with Crippen molar-refractivity contribution in [2.24, 2.45) is 5.10 Å². The minimum Gasteiger partial charge on any atom is -0.508 e. The van der Waals surface area contributed by atoms with Gasteiger partial charge in [0.2, 0.25) is 0 Å². The van der Waals surface area contributed by atoms with Crippen LogP contribution in [0.3, 0.4) is 0 Å².